The molecule has 5 unspecified atom stereocenters. The standard InChI is InChI=1S/C37H41N13O6S/c1-2-50-46-33(45-47-50)31-29(51)30(52)35(56-31)49-21-40-28-32(39-19-27(22-10-5-3-6-11-22)23-12-7-4-8-13-23)43-36(44-34(28)49)48-17-16-25(20-48)42-37(53)41-24-14-9-15-26(18-24)57(38,54)55/h3-15,18,21,25,27,29-31,35,51-52H,2,16-17,19-20H2,1H3,(H2,38,54,55)(H,39,43,44)(H2,41,42,53). The van der Waals surface area contributed by atoms with Crippen molar-refractivity contribution in [2.45, 2.75) is 61.3 Å². The molecule has 7 N–H and O–H groups in total. The molecule has 296 valence electrons. The summed E-state index contributed by atoms with van der Waals surface area (Å²) in [5, 5.41) is 49.0. The van der Waals surface area contributed by atoms with Crippen LogP contribution in [0.4, 0.5) is 22.2 Å². The van der Waals surface area contributed by atoms with Crippen LogP contribution in [-0.4, -0.2) is 102 Å². The number of aliphatic hydroxyl groups excluding tert-OH is 2. The number of rotatable bonds is 12. The first kappa shape index (κ1) is 37.8. The highest BCUT2D eigenvalue weighted by atomic mass is 32.2. The predicted molar refractivity (Wildman–Crippen MR) is 207 cm³/mol. The van der Waals surface area contributed by atoms with Crippen LogP contribution in [0.5, 0.6) is 0 Å². The molecule has 2 aliphatic heterocycles. The summed E-state index contributed by atoms with van der Waals surface area (Å²) in [7, 11) is -3.95. The topological polar surface area (TPSA) is 253 Å². The minimum atomic E-state index is -3.95. The van der Waals surface area contributed by atoms with E-state index in [0.29, 0.717) is 55.5 Å². The number of ether oxygens (including phenoxy) is 1. The van der Waals surface area contributed by atoms with Gasteiger partial charge in [-0.25, -0.2) is 23.3 Å². The Kier molecular flexibility index (Phi) is 10.5. The molecule has 20 heteroatoms. The van der Waals surface area contributed by atoms with Crippen molar-refractivity contribution in [2.75, 3.05) is 35.2 Å². The molecule has 0 radical (unpaired) electrons. The molecule has 0 bridgehead atoms. The summed E-state index contributed by atoms with van der Waals surface area (Å²) in [4.78, 5) is 30.7. The molecule has 2 aliphatic rings. The number of aromatic nitrogens is 8. The number of benzene rings is 3. The number of sulfonamides is 1. The van der Waals surface area contributed by atoms with Crippen LogP contribution >= 0.6 is 0 Å². The quantitative estimate of drug-likeness (QED) is 0.104. The van der Waals surface area contributed by atoms with Crippen molar-refractivity contribution < 1.29 is 28.2 Å². The van der Waals surface area contributed by atoms with Crippen molar-refractivity contribution in [3.63, 3.8) is 0 Å². The molecular weight excluding hydrogens is 755 g/mol. The molecule has 2 saturated heterocycles. The highest BCUT2D eigenvalue weighted by Crippen LogP contribution is 2.39. The number of amides is 2. The Balaban J connectivity index is 1.08. The van der Waals surface area contributed by atoms with Crippen LogP contribution < -0.4 is 26.0 Å². The summed E-state index contributed by atoms with van der Waals surface area (Å²) in [6.07, 6.45) is -2.87. The fraction of sp³-hybridized carbons (Fsp3) is 0.324. The van der Waals surface area contributed by atoms with E-state index in [4.69, 9.17) is 19.8 Å². The van der Waals surface area contributed by atoms with Gasteiger partial charge in [0.05, 0.1) is 17.8 Å². The number of primary sulfonamides is 1. The largest absolute Gasteiger partial charge is 0.387 e. The number of nitrogens with one attached hydrogen (secondary N) is 3. The second-order valence-corrected chi connectivity index (χ2v) is 15.4. The van der Waals surface area contributed by atoms with E-state index in [1.807, 2.05) is 48.2 Å². The number of hydrogen-bond acceptors (Lipinski definition) is 14. The first-order valence-electron chi connectivity index (χ1n) is 18.4. The van der Waals surface area contributed by atoms with E-state index in [2.05, 4.69) is 60.6 Å². The van der Waals surface area contributed by atoms with E-state index in [9.17, 15) is 23.4 Å². The SMILES string of the molecule is CCn1nnc(C2OC(n3cnc4c(NCC(c5ccccc5)c5ccccc5)nc(N5CCC(NC(=O)Nc6cccc(S(N)(=O)=O)c6)C5)nc43)C(O)C2O)n1. The van der Waals surface area contributed by atoms with Crippen LogP contribution in [0.2, 0.25) is 0 Å². The molecule has 2 fully saturated rings. The lowest BCUT2D eigenvalue weighted by molar-refractivity contribution is -0.0384. The van der Waals surface area contributed by atoms with Gasteiger partial charge in [0.2, 0.25) is 21.8 Å². The maximum absolute atomic E-state index is 13.0. The maximum Gasteiger partial charge on any atom is 0.319 e. The number of aliphatic hydroxyl groups is 2. The number of carbonyl (C=O) groups is 1. The Morgan fingerprint density at radius 2 is 1.74 bits per heavy atom. The average Bonchev–Trinajstić information content (AvgIpc) is 4.03. The van der Waals surface area contributed by atoms with Gasteiger partial charge in [0.1, 0.15) is 12.2 Å². The van der Waals surface area contributed by atoms with Gasteiger partial charge >= 0.3 is 6.03 Å². The van der Waals surface area contributed by atoms with E-state index in [1.54, 1.807) is 10.6 Å². The van der Waals surface area contributed by atoms with E-state index in [0.717, 1.165) is 11.1 Å². The molecular formula is C37H41N13O6S. The van der Waals surface area contributed by atoms with Crippen molar-refractivity contribution >= 4 is 44.7 Å². The van der Waals surface area contributed by atoms with Crippen LogP contribution in [0.15, 0.2) is 96.2 Å². The molecule has 5 heterocycles. The summed E-state index contributed by atoms with van der Waals surface area (Å²) in [6.45, 7) is 3.60. The summed E-state index contributed by atoms with van der Waals surface area (Å²) < 4.78 is 31.4. The van der Waals surface area contributed by atoms with Crippen molar-refractivity contribution in [3.05, 3.63) is 108 Å². The molecule has 57 heavy (non-hydrogen) atoms. The third-order valence-electron chi connectivity index (χ3n) is 10.0. The van der Waals surface area contributed by atoms with Gasteiger partial charge in [0.25, 0.3) is 0 Å². The second-order valence-electron chi connectivity index (χ2n) is 13.8. The van der Waals surface area contributed by atoms with Crippen molar-refractivity contribution in [2.24, 2.45) is 5.14 Å². The molecule has 5 atom stereocenters. The van der Waals surface area contributed by atoms with Gasteiger partial charge in [-0.1, -0.05) is 66.7 Å². The van der Waals surface area contributed by atoms with Crippen molar-refractivity contribution in [1.29, 1.82) is 0 Å². The predicted octanol–water partition coefficient (Wildman–Crippen LogP) is 2.12. The van der Waals surface area contributed by atoms with Crippen LogP contribution in [0.1, 0.15) is 48.5 Å². The first-order chi connectivity index (χ1) is 27.6. The maximum atomic E-state index is 13.0. The summed E-state index contributed by atoms with van der Waals surface area (Å²) in [5.74, 6) is 0.863. The van der Waals surface area contributed by atoms with Crippen LogP contribution in [0.25, 0.3) is 11.2 Å². The van der Waals surface area contributed by atoms with Crippen LogP contribution in [0, 0.1) is 0 Å². The van der Waals surface area contributed by atoms with Crippen LogP contribution in [0.3, 0.4) is 0 Å². The Morgan fingerprint density at radius 3 is 2.42 bits per heavy atom. The zero-order valence-corrected chi connectivity index (χ0v) is 31.5. The highest BCUT2D eigenvalue weighted by molar-refractivity contribution is 7.89. The average molecular weight is 796 g/mol. The number of urea groups is 1. The van der Waals surface area contributed by atoms with Gasteiger partial charge < -0.3 is 35.8 Å². The highest BCUT2D eigenvalue weighted by Gasteiger charge is 2.47. The minimum Gasteiger partial charge on any atom is -0.387 e. The zero-order chi connectivity index (χ0) is 39.7. The molecule has 0 spiro atoms. The summed E-state index contributed by atoms with van der Waals surface area (Å²) in [5.41, 5.74) is 3.23. The monoisotopic (exact) mass is 795 g/mol. The minimum absolute atomic E-state index is 0.0487. The van der Waals surface area contributed by atoms with Gasteiger partial charge in [-0.05, 0) is 47.9 Å². The number of nitrogens with zero attached hydrogens (tertiary/aromatic N) is 9. The molecule has 2 amide bonds. The molecule has 3 aromatic carbocycles. The van der Waals surface area contributed by atoms with E-state index in [-0.39, 0.29) is 28.4 Å². The van der Waals surface area contributed by atoms with Crippen molar-refractivity contribution in [1.82, 2.24) is 45.0 Å². The Labute approximate surface area is 327 Å². The fourth-order valence-electron chi connectivity index (χ4n) is 7.12. The lowest BCUT2D eigenvalue weighted by Crippen LogP contribution is -2.40. The summed E-state index contributed by atoms with van der Waals surface area (Å²) >= 11 is 0. The van der Waals surface area contributed by atoms with Gasteiger partial charge in [0.15, 0.2) is 29.3 Å². The van der Waals surface area contributed by atoms with Gasteiger partial charge in [-0.15, -0.1) is 10.2 Å². The number of aryl methyl sites for hydroxylation is 1. The molecule has 8 rings (SSSR count). The lowest BCUT2D eigenvalue weighted by Gasteiger charge is -2.22. The van der Waals surface area contributed by atoms with E-state index in [1.165, 1.54) is 29.3 Å². The summed E-state index contributed by atoms with van der Waals surface area (Å²) in [6, 6.07) is 25.1. The number of carbonyl (C=O) groups excluding carboxylic acids is 1. The normalized spacial score (nSPS) is 21.0. The molecule has 19 nitrogen and oxygen atoms in total. The van der Waals surface area contributed by atoms with E-state index < -0.39 is 40.6 Å². The number of hydrogen-bond donors (Lipinski definition) is 6. The number of nitrogens with two attached hydrogens (primary N) is 1. The van der Waals surface area contributed by atoms with Gasteiger partial charge in [-0.2, -0.15) is 14.8 Å². The smallest absolute Gasteiger partial charge is 0.319 e. The molecule has 6 aromatic rings. The van der Waals surface area contributed by atoms with Gasteiger partial charge in [0, 0.05) is 37.3 Å². The van der Waals surface area contributed by atoms with Crippen molar-refractivity contribution in [3.8, 4) is 0 Å². The first-order valence-corrected chi connectivity index (χ1v) is 19.9. The number of imidazole rings is 1. The zero-order valence-electron chi connectivity index (χ0n) is 30.7. The third-order valence-corrected chi connectivity index (χ3v) is 10.9. The molecule has 3 aromatic heterocycles. The molecule has 0 saturated carbocycles. The van der Waals surface area contributed by atoms with Gasteiger partial charge in [-0.3, -0.25) is 4.57 Å². The Hall–Kier alpha value is -6.06. The van der Waals surface area contributed by atoms with Crippen LogP contribution in [-0.2, 0) is 21.3 Å². The lowest BCUT2D eigenvalue weighted by atomic mass is 9.91. The number of tetrazole rings is 1. The second kappa shape index (κ2) is 15.8. The fourth-order valence-corrected chi connectivity index (χ4v) is 7.68. The van der Waals surface area contributed by atoms with E-state index >= 15 is 0 Å². The number of anilines is 3. The Morgan fingerprint density at radius 1 is 1.00 bits per heavy atom. The Bertz CT molecular complexity index is 2430. The third kappa shape index (κ3) is 7.98. The molecule has 0 aliphatic carbocycles. The number of fused-ring (bicyclic) bond motifs is 1.